The number of H-pyrrole nitrogens is 1. The van der Waals surface area contributed by atoms with Gasteiger partial charge in [-0.05, 0) is 36.8 Å². The van der Waals surface area contributed by atoms with Crippen molar-refractivity contribution < 1.29 is 14.3 Å². The number of hydrogen-bond acceptors (Lipinski definition) is 5. The fourth-order valence-electron chi connectivity index (χ4n) is 3.18. The van der Waals surface area contributed by atoms with Crippen LogP contribution in [0.4, 0.5) is 4.39 Å². The average Bonchev–Trinajstić information content (AvgIpc) is 3.38. The van der Waals surface area contributed by atoms with Crippen molar-refractivity contribution in [3.63, 3.8) is 0 Å². The van der Waals surface area contributed by atoms with E-state index < -0.39 is 17.8 Å². The van der Waals surface area contributed by atoms with Crippen LogP contribution in [0.25, 0.3) is 33.6 Å². The smallest absolute Gasteiger partial charge is 0.322 e. The first-order chi connectivity index (χ1) is 14.4. The Morgan fingerprint density at radius 2 is 2.07 bits per heavy atom. The molecule has 4 N–H and O–H groups in total. The molecule has 4 rings (SSSR count). The fourth-order valence-corrected chi connectivity index (χ4v) is 3.18. The van der Waals surface area contributed by atoms with Crippen molar-refractivity contribution in [3.8, 4) is 33.6 Å². The molecule has 0 bridgehead atoms. The number of nitrogens with zero attached hydrogens (tertiary/aromatic N) is 4. The average molecular weight is 406 g/mol. The highest BCUT2D eigenvalue weighted by atomic mass is 19.1. The van der Waals surface area contributed by atoms with E-state index in [0.717, 1.165) is 28.2 Å². The molecule has 8 nitrogen and oxygen atoms in total. The molecule has 0 spiro atoms. The van der Waals surface area contributed by atoms with Gasteiger partial charge in [-0.1, -0.05) is 12.1 Å². The van der Waals surface area contributed by atoms with Gasteiger partial charge in [-0.25, -0.2) is 4.39 Å². The molecule has 0 unspecified atom stereocenters. The zero-order valence-corrected chi connectivity index (χ0v) is 16.1. The van der Waals surface area contributed by atoms with Crippen LogP contribution in [0, 0.1) is 12.7 Å². The van der Waals surface area contributed by atoms with Crippen LogP contribution in [-0.2, 0) is 11.3 Å². The van der Waals surface area contributed by atoms with Crippen LogP contribution in [0.1, 0.15) is 5.69 Å². The number of nitrogens with two attached hydrogens (primary N) is 1. The topological polar surface area (TPSA) is 123 Å². The summed E-state index contributed by atoms with van der Waals surface area (Å²) in [6, 6.07) is 9.36. The lowest BCUT2D eigenvalue weighted by Crippen LogP contribution is -2.34. The van der Waals surface area contributed by atoms with Crippen LogP contribution in [0.15, 0.2) is 55.0 Å². The van der Waals surface area contributed by atoms with E-state index in [0.29, 0.717) is 11.1 Å². The van der Waals surface area contributed by atoms with Crippen molar-refractivity contribution in [1.82, 2.24) is 25.0 Å². The maximum atomic E-state index is 14.6. The number of pyridine rings is 1. The molecule has 9 heteroatoms. The van der Waals surface area contributed by atoms with E-state index in [-0.39, 0.29) is 6.54 Å². The molecule has 1 atom stereocenters. The van der Waals surface area contributed by atoms with E-state index in [1.54, 1.807) is 24.5 Å². The number of hydrogen-bond donors (Lipinski definition) is 3. The van der Waals surface area contributed by atoms with Gasteiger partial charge in [-0.2, -0.15) is 10.2 Å². The van der Waals surface area contributed by atoms with E-state index in [1.165, 1.54) is 16.9 Å². The number of aromatic amines is 1. The van der Waals surface area contributed by atoms with Gasteiger partial charge < -0.3 is 10.8 Å². The number of rotatable bonds is 6. The molecule has 0 aliphatic heterocycles. The predicted octanol–water partition coefficient (Wildman–Crippen LogP) is 2.86. The van der Waals surface area contributed by atoms with Crippen LogP contribution in [0.3, 0.4) is 0 Å². The Kier molecular flexibility index (Phi) is 5.11. The van der Waals surface area contributed by atoms with Gasteiger partial charge in [0, 0.05) is 28.6 Å². The molecule has 3 aromatic heterocycles. The van der Waals surface area contributed by atoms with Gasteiger partial charge in [0.05, 0.1) is 30.3 Å². The van der Waals surface area contributed by atoms with E-state index in [9.17, 15) is 9.18 Å². The van der Waals surface area contributed by atoms with Gasteiger partial charge in [0.1, 0.15) is 11.9 Å². The highest BCUT2D eigenvalue weighted by Gasteiger charge is 2.16. The molecule has 0 saturated carbocycles. The first-order valence-electron chi connectivity index (χ1n) is 9.21. The van der Waals surface area contributed by atoms with Crippen LogP contribution >= 0.6 is 0 Å². The third kappa shape index (κ3) is 3.83. The third-order valence-electron chi connectivity index (χ3n) is 4.71. The van der Waals surface area contributed by atoms with Gasteiger partial charge in [0.25, 0.3) is 0 Å². The lowest BCUT2D eigenvalue weighted by atomic mass is 9.99. The lowest BCUT2D eigenvalue weighted by Gasteiger charge is -2.07. The van der Waals surface area contributed by atoms with Crippen molar-refractivity contribution in [2.75, 3.05) is 0 Å². The van der Waals surface area contributed by atoms with Gasteiger partial charge in [0.15, 0.2) is 0 Å². The van der Waals surface area contributed by atoms with Crippen molar-refractivity contribution in [3.05, 3.63) is 66.5 Å². The zero-order chi connectivity index (χ0) is 21.3. The lowest BCUT2D eigenvalue weighted by molar-refractivity contribution is -0.138. The van der Waals surface area contributed by atoms with E-state index >= 15 is 0 Å². The zero-order valence-electron chi connectivity index (χ0n) is 16.1. The van der Waals surface area contributed by atoms with Crippen LogP contribution in [0.2, 0.25) is 0 Å². The second-order valence-electron chi connectivity index (χ2n) is 6.91. The molecular weight excluding hydrogens is 387 g/mol. The monoisotopic (exact) mass is 406 g/mol. The predicted molar refractivity (Wildman–Crippen MR) is 109 cm³/mol. The quantitative estimate of drug-likeness (QED) is 0.452. The van der Waals surface area contributed by atoms with E-state index in [1.807, 2.05) is 25.1 Å². The largest absolute Gasteiger partial charge is 0.480 e. The first kappa shape index (κ1) is 19.5. The molecular formula is C21H19FN6O2. The minimum atomic E-state index is -1.13. The van der Waals surface area contributed by atoms with Crippen molar-refractivity contribution in [2.45, 2.75) is 19.5 Å². The highest BCUT2D eigenvalue weighted by molar-refractivity contribution is 5.81. The fraction of sp³-hybridized carbons (Fsp3) is 0.143. The first-order valence-corrected chi connectivity index (χ1v) is 9.21. The molecule has 0 saturated heterocycles. The molecule has 30 heavy (non-hydrogen) atoms. The molecule has 0 aliphatic carbocycles. The van der Waals surface area contributed by atoms with E-state index in [4.69, 9.17) is 10.8 Å². The number of halogens is 1. The van der Waals surface area contributed by atoms with Crippen molar-refractivity contribution in [1.29, 1.82) is 0 Å². The summed E-state index contributed by atoms with van der Waals surface area (Å²) in [5.74, 6) is -1.54. The normalized spacial score (nSPS) is 12.1. The van der Waals surface area contributed by atoms with E-state index in [2.05, 4.69) is 20.3 Å². The summed E-state index contributed by atoms with van der Waals surface area (Å²) in [6.45, 7) is 1.89. The number of carbonyl (C=O) groups is 1. The highest BCUT2D eigenvalue weighted by Crippen LogP contribution is 2.33. The Bertz CT molecular complexity index is 1220. The molecule has 0 amide bonds. The Morgan fingerprint density at radius 3 is 2.83 bits per heavy atom. The summed E-state index contributed by atoms with van der Waals surface area (Å²) >= 11 is 0. The maximum Gasteiger partial charge on any atom is 0.322 e. The van der Waals surface area contributed by atoms with Gasteiger partial charge in [0.2, 0.25) is 0 Å². The number of aryl methyl sites for hydroxylation is 1. The minimum absolute atomic E-state index is 0.0124. The number of benzene rings is 1. The Labute approximate surface area is 171 Å². The second kappa shape index (κ2) is 7.88. The Balaban J connectivity index is 1.70. The van der Waals surface area contributed by atoms with Crippen LogP contribution in [0.5, 0.6) is 0 Å². The number of aliphatic carboxylic acids is 1. The van der Waals surface area contributed by atoms with Gasteiger partial charge in [-0.3, -0.25) is 19.6 Å². The van der Waals surface area contributed by atoms with Gasteiger partial charge in [-0.15, -0.1) is 0 Å². The number of aromatic nitrogens is 5. The summed E-state index contributed by atoms with van der Waals surface area (Å²) in [4.78, 5) is 15.5. The minimum Gasteiger partial charge on any atom is -0.480 e. The molecule has 0 radical (unpaired) electrons. The summed E-state index contributed by atoms with van der Waals surface area (Å²) < 4.78 is 16.0. The SMILES string of the molecule is Cc1cccc(-c2[nH]ncc2-c2ccc(F)c(-c3cnn(C[C@@H](N)C(=O)O)c3)c2)n1. The number of nitrogens with one attached hydrogen (secondary N) is 1. The van der Waals surface area contributed by atoms with Crippen molar-refractivity contribution in [2.24, 2.45) is 5.73 Å². The van der Waals surface area contributed by atoms with Crippen LogP contribution in [-0.4, -0.2) is 42.1 Å². The number of carboxylic acids is 1. The van der Waals surface area contributed by atoms with Crippen LogP contribution < -0.4 is 5.73 Å². The maximum absolute atomic E-state index is 14.6. The van der Waals surface area contributed by atoms with Gasteiger partial charge >= 0.3 is 5.97 Å². The Morgan fingerprint density at radius 1 is 1.23 bits per heavy atom. The molecule has 0 aliphatic rings. The summed E-state index contributed by atoms with van der Waals surface area (Å²) in [7, 11) is 0. The molecule has 0 fully saturated rings. The third-order valence-corrected chi connectivity index (χ3v) is 4.71. The molecule has 4 aromatic rings. The number of carboxylic acid groups (broad SMARTS) is 1. The molecule has 1 aromatic carbocycles. The standard InChI is InChI=1S/C21H19FN6O2/c1-12-3-2-4-19(26-12)20-16(9-24-27-20)13-5-6-17(22)15(7-13)14-8-25-28(10-14)11-18(23)21(29)30/h2-10,18H,11,23H2,1H3,(H,24,27)(H,29,30)/t18-/m1/s1. The summed E-state index contributed by atoms with van der Waals surface area (Å²) in [6.07, 6.45) is 4.73. The van der Waals surface area contributed by atoms with Crippen molar-refractivity contribution >= 4 is 5.97 Å². The summed E-state index contributed by atoms with van der Waals surface area (Å²) in [5.41, 5.74) is 10.3. The second-order valence-corrected chi connectivity index (χ2v) is 6.91. The summed E-state index contributed by atoms with van der Waals surface area (Å²) in [5, 5.41) is 20.2. The molecule has 3 heterocycles. The Hall–Kier alpha value is -3.85. The molecule has 152 valence electrons.